The summed E-state index contributed by atoms with van der Waals surface area (Å²) in [5.41, 5.74) is 3.36. The molecule has 5 rings (SSSR count). The van der Waals surface area contributed by atoms with Gasteiger partial charge in [-0.1, -0.05) is 0 Å². The zero-order valence-electron chi connectivity index (χ0n) is 16.9. The number of likely N-dealkylation sites (tertiary alicyclic amines) is 1. The Morgan fingerprint density at radius 3 is 2.57 bits per heavy atom. The van der Waals surface area contributed by atoms with Crippen LogP contribution in [0.1, 0.15) is 21.9 Å². The third-order valence-electron chi connectivity index (χ3n) is 5.60. The van der Waals surface area contributed by atoms with Crippen LogP contribution in [-0.2, 0) is 4.74 Å². The molecular weight excluding hydrogens is 380 g/mol. The van der Waals surface area contributed by atoms with Crippen molar-refractivity contribution in [2.24, 2.45) is 5.41 Å². The summed E-state index contributed by atoms with van der Waals surface area (Å²) in [5.74, 6) is 2.05. The third kappa shape index (κ3) is 3.39. The lowest BCUT2D eigenvalue weighted by atomic mass is 9.77. The number of carbonyl (C=O) groups excluding carboxylic acids is 1. The van der Waals surface area contributed by atoms with E-state index < -0.39 is 0 Å². The fourth-order valence-corrected chi connectivity index (χ4v) is 3.89. The van der Waals surface area contributed by atoms with Crippen molar-refractivity contribution in [1.29, 1.82) is 0 Å². The molecule has 0 bridgehead atoms. The lowest BCUT2D eigenvalue weighted by Gasteiger charge is -2.54. The zero-order chi connectivity index (χ0) is 20.7. The molecule has 2 fully saturated rings. The maximum absolute atomic E-state index is 13.0. The molecule has 3 aromatic rings. The number of nitrogens with zero attached hydrogens (tertiary/aromatic N) is 5. The van der Waals surface area contributed by atoms with E-state index in [9.17, 15) is 4.79 Å². The minimum absolute atomic E-state index is 0.0308. The molecule has 0 unspecified atom stereocenters. The van der Waals surface area contributed by atoms with E-state index in [-0.39, 0.29) is 11.3 Å². The number of anilines is 2. The second-order valence-electron chi connectivity index (χ2n) is 8.05. The van der Waals surface area contributed by atoms with Gasteiger partial charge in [0.05, 0.1) is 29.9 Å². The highest BCUT2D eigenvalue weighted by molar-refractivity contribution is 5.97. The van der Waals surface area contributed by atoms with E-state index in [2.05, 4.69) is 25.3 Å². The monoisotopic (exact) mass is 402 g/mol. The largest absolute Gasteiger partial charge is 0.380 e. The normalized spacial score (nSPS) is 16.7. The van der Waals surface area contributed by atoms with E-state index in [4.69, 9.17) is 4.74 Å². The van der Waals surface area contributed by atoms with Gasteiger partial charge in [-0.15, -0.1) is 0 Å². The first-order chi connectivity index (χ1) is 14.5. The lowest BCUT2D eigenvalue weighted by Crippen LogP contribution is -2.67. The van der Waals surface area contributed by atoms with Gasteiger partial charge in [-0.05, 0) is 43.7 Å². The quantitative estimate of drug-likeness (QED) is 0.717. The molecule has 1 N–H and O–H groups in total. The fourth-order valence-electron chi connectivity index (χ4n) is 3.89. The zero-order valence-corrected chi connectivity index (χ0v) is 16.9. The van der Waals surface area contributed by atoms with E-state index >= 15 is 0 Å². The minimum Gasteiger partial charge on any atom is -0.380 e. The smallest absolute Gasteiger partial charge is 0.255 e. The Bertz CT molecular complexity index is 1120. The summed E-state index contributed by atoms with van der Waals surface area (Å²) in [7, 11) is 0. The van der Waals surface area contributed by atoms with Gasteiger partial charge >= 0.3 is 0 Å². The van der Waals surface area contributed by atoms with Crippen molar-refractivity contribution in [2.45, 2.75) is 13.8 Å². The first-order valence-electron chi connectivity index (χ1n) is 9.88. The van der Waals surface area contributed by atoms with E-state index in [1.165, 1.54) is 0 Å². The molecule has 30 heavy (non-hydrogen) atoms. The number of nitrogens with one attached hydrogen (secondary N) is 1. The van der Waals surface area contributed by atoms with Gasteiger partial charge in [-0.25, -0.2) is 15.0 Å². The van der Waals surface area contributed by atoms with Crippen LogP contribution < -0.4 is 5.32 Å². The average molecular weight is 402 g/mol. The number of hydrogen-bond acceptors (Lipinski definition) is 7. The number of aryl methyl sites for hydroxylation is 2. The molecule has 152 valence electrons. The molecule has 8 heteroatoms. The molecule has 0 aliphatic carbocycles. The second-order valence-corrected chi connectivity index (χ2v) is 8.05. The Hall–Kier alpha value is -3.39. The Balaban J connectivity index is 1.38. The molecule has 2 aliphatic rings. The lowest BCUT2D eigenvalue weighted by molar-refractivity contribution is -0.176. The van der Waals surface area contributed by atoms with E-state index in [0.717, 1.165) is 43.1 Å². The standard InChI is InChI=1S/C22H22N6O2/c1-14-18(21(29)28-10-22(11-28)12-30-13-22)7-17(9-25-14)16-3-5-24-20(8-16)27-19-4-6-23-15(2)26-19/h3-9H,10-13H2,1-2H3,(H,23,24,26,27). The van der Waals surface area contributed by atoms with Crippen LogP contribution in [0.25, 0.3) is 11.1 Å². The summed E-state index contributed by atoms with van der Waals surface area (Å²) >= 11 is 0. The summed E-state index contributed by atoms with van der Waals surface area (Å²) in [6.45, 7) is 6.74. The number of rotatable bonds is 4. The highest BCUT2D eigenvalue weighted by Gasteiger charge is 2.50. The molecule has 5 heterocycles. The molecule has 0 saturated carbocycles. The van der Waals surface area contributed by atoms with Crippen LogP contribution in [0.5, 0.6) is 0 Å². The van der Waals surface area contributed by atoms with Crippen molar-refractivity contribution in [1.82, 2.24) is 24.8 Å². The molecule has 2 aliphatic heterocycles. The van der Waals surface area contributed by atoms with E-state index in [1.54, 1.807) is 24.7 Å². The molecule has 1 spiro atoms. The molecule has 8 nitrogen and oxygen atoms in total. The number of ether oxygens (including phenoxy) is 1. The van der Waals surface area contributed by atoms with Crippen molar-refractivity contribution in [3.8, 4) is 11.1 Å². The molecule has 2 saturated heterocycles. The molecule has 0 aromatic carbocycles. The van der Waals surface area contributed by atoms with E-state index in [0.29, 0.717) is 23.0 Å². The Kier molecular flexibility index (Phi) is 4.43. The number of amides is 1. The minimum atomic E-state index is 0.0308. The van der Waals surface area contributed by atoms with Crippen molar-refractivity contribution in [2.75, 3.05) is 31.6 Å². The number of hydrogen-bond donors (Lipinski definition) is 1. The average Bonchev–Trinajstić information content (AvgIpc) is 2.66. The molecule has 3 aromatic heterocycles. The predicted molar refractivity (Wildman–Crippen MR) is 111 cm³/mol. The highest BCUT2D eigenvalue weighted by Crippen LogP contribution is 2.38. The van der Waals surface area contributed by atoms with Gasteiger partial charge < -0.3 is 15.0 Å². The van der Waals surface area contributed by atoms with Gasteiger partial charge in [-0.3, -0.25) is 9.78 Å². The van der Waals surface area contributed by atoms with Gasteiger partial charge in [0.2, 0.25) is 0 Å². The predicted octanol–water partition coefficient (Wildman–Crippen LogP) is 2.77. The first kappa shape index (κ1) is 18.6. The van der Waals surface area contributed by atoms with Gasteiger partial charge in [0.15, 0.2) is 0 Å². The van der Waals surface area contributed by atoms with Crippen LogP contribution in [-0.4, -0.2) is 57.0 Å². The van der Waals surface area contributed by atoms with Crippen LogP contribution in [0.3, 0.4) is 0 Å². The number of carbonyl (C=O) groups is 1. The van der Waals surface area contributed by atoms with Crippen molar-refractivity contribution >= 4 is 17.5 Å². The Morgan fingerprint density at radius 1 is 1.03 bits per heavy atom. The van der Waals surface area contributed by atoms with Crippen LogP contribution in [0.4, 0.5) is 11.6 Å². The van der Waals surface area contributed by atoms with Crippen LogP contribution in [0.15, 0.2) is 42.9 Å². The number of aromatic nitrogens is 4. The van der Waals surface area contributed by atoms with Gasteiger partial charge in [-0.2, -0.15) is 0 Å². The topological polar surface area (TPSA) is 93.1 Å². The molecule has 1 amide bonds. The first-order valence-corrected chi connectivity index (χ1v) is 9.88. The van der Waals surface area contributed by atoms with Gasteiger partial charge in [0.25, 0.3) is 5.91 Å². The fraction of sp³-hybridized carbons (Fsp3) is 0.318. The SMILES string of the molecule is Cc1nccc(Nc2cc(-c3cnc(C)c(C(=O)N4CC5(COC5)C4)c3)ccn2)n1. The number of pyridine rings is 2. The summed E-state index contributed by atoms with van der Waals surface area (Å²) < 4.78 is 5.30. The highest BCUT2D eigenvalue weighted by atomic mass is 16.5. The van der Waals surface area contributed by atoms with Crippen molar-refractivity contribution in [3.63, 3.8) is 0 Å². The van der Waals surface area contributed by atoms with E-state index in [1.807, 2.05) is 36.9 Å². The maximum Gasteiger partial charge on any atom is 0.255 e. The summed E-state index contributed by atoms with van der Waals surface area (Å²) in [5, 5.41) is 3.19. The Morgan fingerprint density at radius 2 is 1.83 bits per heavy atom. The van der Waals surface area contributed by atoms with Crippen LogP contribution in [0.2, 0.25) is 0 Å². The summed E-state index contributed by atoms with van der Waals surface area (Å²) in [6.07, 6.45) is 5.21. The van der Waals surface area contributed by atoms with Crippen molar-refractivity contribution in [3.05, 3.63) is 59.9 Å². The van der Waals surface area contributed by atoms with Gasteiger partial charge in [0.1, 0.15) is 17.5 Å². The van der Waals surface area contributed by atoms with Gasteiger partial charge in [0, 0.05) is 37.2 Å². The Labute approximate surface area is 174 Å². The molecule has 0 radical (unpaired) electrons. The molecule has 0 atom stereocenters. The second kappa shape index (κ2) is 7.14. The van der Waals surface area contributed by atoms with Crippen LogP contribution in [0, 0.1) is 19.3 Å². The van der Waals surface area contributed by atoms with Crippen LogP contribution >= 0.6 is 0 Å². The summed E-state index contributed by atoms with van der Waals surface area (Å²) in [6, 6.07) is 7.53. The molecular formula is C22H22N6O2. The van der Waals surface area contributed by atoms with Crippen molar-refractivity contribution < 1.29 is 9.53 Å². The summed E-state index contributed by atoms with van der Waals surface area (Å²) in [4.78, 5) is 32.2. The third-order valence-corrected chi connectivity index (χ3v) is 5.60. The maximum atomic E-state index is 13.0.